The van der Waals surface area contributed by atoms with Gasteiger partial charge in [-0.3, -0.25) is 0 Å². The largest absolute Gasteiger partial charge is 0.480 e. The van der Waals surface area contributed by atoms with Crippen LogP contribution >= 0.6 is 0 Å². The highest BCUT2D eigenvalue weighted by molar-refractivity contribution is 5.82. The fourth-order valence-electron chi connectivity index (χ4n) is 2.71. The number of rotatable bonds is 2. The number of likely N-dealkylation sites (N-methyl/N-ethyl adjacent to an activating group) is 1. The maximum absolute atomic E-state index is 12.3. The average Bonchev–Trinajstić information content (AvgIpc) is 2.61. The van der Waals surface area contributed by atoms with Crippen LogP contribution in [0.15, 0.2) is 0 Å². The van der Waals surface area contributed by atoms with Crippen molar-refractivity contribution in [3.8, 4) is 0 Å². The van der Waals surface area contributed by atoms with Crippen molar-refractivity contribution < 1.29 is 14.7 Å². The zero-order valence-corrected chi connectivity index (χ0v) is 13.3. The molecule has 1 aliphatic rings. The van der Waals surface area contributed by atoms with Gasteiger partial charge in [0.2, 0.25) is 0 Å². The lowest BCUT2D eigenvalue weighted by Gasteiger charge is -2.31. The number of amides is 2. The molecule has 0 bridgehead atoms. The van der Waals surface area contributed by atoms with Crippen molar-refractivity contribution in [1.29, 1.82) is 0 Å². The molecule has 116 valence electrons. The van der Waals surface area contributed by atoms with Crippen LogP contribution in [0.3, 0.4) is 0 Å². The summed E-state index contributed by atoms with van der Waals surface area (Å²) < 4.78 is 0. The lowest BCUT2D eigenvalue weighted by Crippen LogP contribution is -2.48. The van der Waals surface area contributed by atoms with E-state index >= 15 is 0 Å². The molecule has 1 aliphatic heterocycles. The average molecular weight is 284 g/mol. The Kier molecular flexibility index (Phi) is 5.42. The summed E-state index contributed by atoms with van der Waals surface area (Å²) >= 11 is 0. The number of hydrogen-bond donors (Lipinski definition) is 1. The normalized spacial score (nSPS) is 22.1. The predicted octanol–water partition coefficient (Wildman–Crippen LogP) is 2.66. The minimum absolute atomic E-state index is 0.172. The number of nitrogens with zero attached hydrogens (tertiary/aromatic N) is 2. The van der Waals surface area contributed by atoms with Crippen molar-refractivity contribution in [3.63, 3.8) is 0 Å². The van der Waals surface area contributed by atoms with Gasteiger partial charge in [-0.15, -0.1) is 0 Å². The Morgan fingerprint density at radius 1 is 1.25 bits per heavy atom. The Labute approximate surface area is 121 Å². The molecule has 0 aromatic rings. The van der Waals surface area contributed by atoms with E-state index in [0.717, 1.165) is 32.4 Å². The Bertz CT molecular complexity index is 363. The third kappa shape index (κ3) is 4.12. The van der Waals surface area contributed by atoms with Crippen LogP contribution in [-0.2, 0) is 4.79 Å². The number of carboxylic acids is 1. The molecule has 0 radical (unpaired) electrons. The smallest absolute Gasteiger partial charge is 0.326 e. The van der Waals surface area contributed by atoms with Gasteiger partial charge in [0.05, 0.1) is 0 Å². The molecule has 5 heteroatoms. The van der Waals surface area contributed by atoms with Crippen molar-refractivity contribution in [3.05, 3.63) is 0 Å². The molecule has 0 aromatic heterocycles. The Balaban J connectivity index is 2.65. The van der Waals surface area contributed by atoms with Gasteiger partial charge in [0.1, 0.15) is 6.04 Å². The third-order valence-electron chi connectivity index (χ3n) is 4.46. The Hall–Kier alpha value is -1.26. The molecular weight excluding hydrogens is 256 g/mol. The number of aliphatic carboxylic acids is 1. The van der Waals surface area contributed by atoms with E-state index in [1.807, 2.05) is 0 Å². The first-order valence-corrected chi connectivity index (χ1v) is 7.39. The van der Waals surface area contributed by atoms with Crippen LogP contribution in [0.2, 0.25) is 0 Å². The molecule has 2 unspecified atom stereocenters. The molecule has 1 saturated heterocycles. The van der Waals surface area contributed by atoms with E-state index in [-0.39, 0.29) is 11.4 Å². The van der Waals surface area contributed by atoms with Crippen LogP contribution in [-0.4, -0.2) is 53.1 Å². The first-order valence-electron chi connectivity index (χ1n) is 7.39. The molecule has 2 atom stereocenters. The summed E-state index contributed by atoms with van der Waals surface area (Å²) in [5, 5.41) is 8.99. The van der Waals surface area contributed by atoms with Crippen LogP contribution in [0.4, 0.5) is 4.79 Å². The van der Waals surface area contributed by atoms with E-state index in [2.05, 4.69) is 20.8 Å². The minimum Gasteiger partial charge on any atom is -0.480 e. The van der Waals surface area contributed by atoms with E-state index in [4.69, 9.17) is 5.11 Å². The van der Waals surface area contributed by atoms with E-state index in [1.54, 1.807) is 11.9 Å². The molecule has 20 heavy (non-hydrogen) atoms. The van der Waals surface area contributed by atoms with Crippen LogP contribution in [0.25, 0.3) is 0 Å². The van der Waals surface area contributed by atoms with Gasteiger partial charge < -0.3 is 14.9 Å². The van der Waals surface area contributed by atoms with E-state index in [1.165, 1.54) is 11.8 Å². The second-order valence-electron chi connectivity index (χ2n) is 6.89. The fraction of sp³-hybridized carbons (Fsp3) is 0.867. The van der Waals surface area contributed by atoms with Crippen molar-refractivity contribution in [1.82, 2.24) is 9.80 Å². The highest BCUT2D eigenvalue weighted by Crippen LogP contribution is 2.34. The van der Waals surface area contributed by atoms with Crippen LogP contribution in [0.1, 0.15) is 47.0 Å². The molecule has 2 amide bonds. The molecule has 0 spiro atoms. The van der Waals surface area contributed by atoms with E-state index in [0.29, 0.717) is 5.92 Å². The minimum atomic E-state index is -0.969. The van der Waals surface area contributed by atoms with Gasteiger partial charge in [-0.1, -0.05) is 20.8 Å². The quantitative estimate of drug-likeness (QED) is 0.848. The van der Waals surface area contributed by atoms with E-state index < -0.39 is 12.0 Å². The molecule has 1 N–H and O–H groups in total. The summed E-state index contributed by atoms with van der Waals surface area (Å²) in [7, 11) is 1.56. The standard InChI is InChI=1S/C15H28N2O3/c1-11(13(18)19)16(5)14(20)17-9-6-7-12(8-10-17)15(2,3)4/h11-12H,6-10H2,1-5H3,(H,18,19). The van der Waals surface area contributed by atoms with Gasteiger partial charge in [0.15, 0.2) is 0 Å². The van der Waals surface area contributed by atoms with Gasteiger partial charge >= 0.3 is 12.0 Å². The molecule has 1 rings (SSSR count). The van der Waals surface area contributed by atoms with Crippen LogP contribution in [0.5, 0.6) is 0 Å². The third-order valence-corrected chi connectivity index (χ3v) is 4.46. The van der Waals surface area contributed by atoms with Crippen molar-refractivity contribution in [2.75, 3.05) is 20.1 Å². The molecule has 1 fully saturated rings. The SMILES string of the molecule is CC(C(=O)O)N(C)C(=O)N1CCCC(C(C)(C)C)CC1. The molecule has 0 aromatic carbocycles. The number of carbonyl (C=O) groups excluding carboxylic acids is 1. The zero-order valence-electron chi connectivity index (χ0n) is 13.3. The summed E-state index contributed by atoms with van der Waals surface area (Å²) in [4.78, 5) is 26.4. The molecular formula is C15H28N2O3. The van der Waals surface area contributed by atoms with Crippen LogP contribution < -0.4 is 0 Å². The molecule has 1 heterocycles. The van der Waals surface area contributed by atoms with Gasteiger partial charge in [0, 0.05) is 20.1 Å². The number of hydrogen-bond acceptors (Lipinski definition) is 2. The summed E-state index contributed by atoms with van der Waals surface area (Å²) in [5.74, 6) is -0.356. The first-order chi connectivity index (χ1) is 9.14. The van der Waals surface area contributed by atoms with Crippen molar-refractivity contribution in [2.45, 2.75) is 53.0 Å². The molecule has 5 nitrogen and oxygen atoms in total. The van der Waals surface area contributed by atoms with Crippen molar-refractivity contribution in [2.24, 2.45) is 11.3 Å². The lowest BCUT2D eigenvalue weighted by molar-refractivity contribution is -0.141. The summed E-state index contributed by atoms with van der Waals surface area (Å²) in [6.45, 7) is 9.71. The van der Waals surface area contributed by atoms with Gasteiger partial charge in [-0.05, 0) is 37.5 Å². The monoisotopic (exact) mass is 284 g/mol. The fourth-order valence-corrected chi connectivity index (χ4v) is 2.71. The highest BCUT2D eigenvalue weighted by atomic mass is 16.4. The predicted molar refractivity (Wildman–Crippen MR) is 78.6 cm³/mol. The number of carbonyl (C=O) groups is 2. The van der Waals surface area contributed by atoms with Gasteiger partial charge in [-0.25, -0.2) is 9.59 Å². The zero-order chi connectivity index (χ0) is 15.5. The van der Waals surface area contributed by atoms with Crippen molar-refractivity contribution >= 4 is 12.0 Å². The lowest BCUT2D eigenvalue weighted by atomic mass is 9.77. The summed E-state index contributed by atoms with van der Waals surface area (Å²) in [6, 6.07) is -0.960. The van der Waals surface area contributed by atoms with E-state index in [9.17, 15) is 9.59 Å². The first kappa shape index (κ1) is 16.8. The summed E-state index contributed by atoms with van der Waals surface area (Å²) in [5.41, 5.74) is 0.263. The maximum Gasteiger partial charge on any atom is 0.326 e. The van der Waals surface area contributed by atoms with Gasteiger partial charge in [0.25, 0.3) is 0 Å². The Morgan fingerprint density at radius 3 is 2.35 bits per heavy atom. The summed E-state index contributed by atoms with van der Waals surface area (Å²) in [6.07, 6.45) is 3.11. The van der Waals surface area contributed by atoms with Gasteiger partial charge in [-0.2, -0.15) is 0 Å². The molecule has 0 aliphatic carbocycles. The maximum atomic E-state index is 12.3. The second-order valence-corrected chi connectivity index (χ2v) is 6.89. The Morgan fingerprint density at radius 2 is 1.85 bits per heavy atom. The topological polar surface area (TPSA) is 60.9 Å². The number of carboxylic acid groups (broad SMARTS) is 1. The molecule has 0 saturated carbocycles. The number of urea groups is 1. The second kappa shape index (κ2) is 6.46. The van der Waals surface area contributed by atoms with Crippen LogP contribution in [0, 0.1) is 11.3 Å². The number of likely N-dealkylation sites (tertiary alicyclic amines) is 1. The highest BCUT2D eigenvalue weighted by Gasteiger charge is 2.31.